The van der Waals surface area contributed by atoms with E-state index in [0.717, 1.165) is 34.8 Å². The van der Waals surface area contributed by atoms with E-state index in [1.807, 2.05) is 24.4 Å². The summed E-state index contributed by atoms with van der Waals surface area (Å²) >= 11 is 1.59. The number of pyridine rings is 1. The Balaban J connectivity index is 1.87. The molecule has 1 fully saturated rings. The van der Waals surface area contributed by atoms with Gasteiger partial charge in [0.25, 0.3) is 0 Å². The quantitative estimate of drug-likeness (QED) is 0.871. The molecular weight excluding hydrogens is 306 g/mol. The average Bonchev–Trinajstić information content (AvgIpc) is 3.07. The van der Waals surface area contributed by atoms with E-state index in [9.17, 15) is 8.42 Å². The molecule has 21 heavy (non-hydrogen) atoms. The minimum atomic E-state index is -3.18. The lowest BCUT2D eigenvalue weighted by Crippen LogP contribution is -2.29. The van der Waals surface area contributed by atoms with Crippen molar-refractivity contribution in [2.45, 2.75) is 25.8 Å². The fourth-order valence-corrected chi connectivity index (χ4v) is 4.57. The van der Waals surface area contributed by atoms with Gasteiger partial charge in [0, 0.05) is 29.4 Å². The lowest BCUT2D eigenvalue weighted by Gasteiger charge is -2.21. The molecule has 3 rings (SSSR count). The molecule has 5 nitrogen and oxygen atoms in total. The van der Waals surface area contributed by atoms with E-state index >= 15 is 0 Å². The Morgan fingerprint density at radius 2 is 2.19 bits per heavy atom. The van der Waals surface area contributed by atoms with Crippen LogP contribution in [0.1, 0.15) is 30.3 Å². The van der Waals surface area contributed by atoms with Crippen LogP contribution in [0.2, 0.25) is 0 Å². The Labute approximate surface area is 128 Å². The van der Waals surface area contributed by atoms with E-state index in [1.165, 1.54) is 6.26 Å². The zero-order valence-electron chi connectivity index (χ0n) is 12.0. The largest absolute Gasteiger partial charge is 0.259 e. The van der Waals surface area contributed by atoms with Crippen LogP contribution >= 0.6 is 11.3 Å². The lowest BCUT2D eigenvalue weighted by atomic mass is 10.1. The minimum Gasteiger partial charge on any atom is -0.259 e. The molecule has 0 saturated carbocycles. The molecule has 0 amide bonds. The molecule has 2 aromatic rings. The first-order valence-electron chi connectivity index (χ1n) is 6.80. The van der Waals surface area contributed by atoms with Crippen LogP contribution < -0.4 is 0 Å². The number of hydrogen-bond donors (Lipinski definition) is 0. The standard InChI is InChI=1S/C14H17N3O2S2/c1-10-9-20-14(16-10)11-5-6-12(15-8-11)13-4-3-7-17(13)21(2,18)19/h5-6,8-9,13H,3-4,7H2,1-2H3. The lowest BCUT2D eigenvalue weighted by molar-refractivity contribution is 0.394. The summed E-state index contributed by atoms with van der Waals surface area (Å²) in [7, 11) is -3.18. The number of hydrogen-bond acceptors (Lipinski definition) is 5. The average molecular weight is 323 g/mol. The summed E-state index contributed by atoms with van der Waals surface area (Å²) < 4.78 is 25.1. The Bertz CT molecular complexity index is 738. The molecule has 0 aromatic carbocycles. The second-order valence-corrected chi connectivity index (χ2v) is 8.09. The Morgan fingerprint density at radius 3 is 2.76 bits per heavy atom. The maximum atomic E-state index is 11.8. The molecule has 0 N–H and O–H groups in total. The van der Waals surface area contributed by atoms with Gasteiger partial charge in [-0.1, -0.05) is 0 Å². The SMILES string of the molecule is Cc1csc(-c2ccc(C3CCCN3S(C)(=O)=O)nc2)n1. The van der Waals surface area contributed by atoms with E-state index in [-0.39, 0.29) is 6.04 Å². The van der Waals surface area contributed by atoms with Crippen LogP contribution in [0.15, 0.2) is 23.7 Å². The summed E-state index contributed by atoms with van der Waals surface area (Å²) in [6.45, 7) is 2.54. The molecular formula is C14H17N3O2S2. The van der Waals surface area contributed by atoms with Crippen LogP contribution in [0, 0.1) is 6.92 Å². The van der Waals surface area contributed by atoms with Crippen molar-refractivity contribution < 1.29 is 8.42 Å². The molecule has 3 heterocycles. The monoisotopic (exact) mass is 323 g/mol. The molecule has 7 heteroatoms. The third-order valence-electron chi connectivity index (χ3n) is 3.62. The first-order valence-corrected chi connectivity index (χ1v) is 9.53. The van der Waals surface area contributed by atoms with Gasteiger partial charge in [0.1, 0.15) is 5.01 Å². The first kappa shape index (κ1) is 14.6. The summed E-state index contributed by atoms with van der Waals surface area (Å²) in [5, 5.41) is 2.95. The topological polar surface area (TPSA) is 63.2 Å². The van der Waals surface area contributed by atoms with Gasteiger partial charge in [-0.15, -0.1) is 11.3 Å². The third kappa shape index (κ3) is 3.00. The van der Waals surface area contributed by atoms with Gasteiger partial charge in [-0.3, -0.25) is 4.98 Å². The molecule has 2 aromatic heterocycles. The van der Waals surface area contributed by atoms with Crippen LogP contribution in [0.3, 0.4) is 0 Å². The fraction of sp³-hybridized carbons (Fsp3) is 0.429. The smallest absolute Gasteiger partial charge is 0.211 e. The molecule has 1 unspecified atom stereocenters. The van der Waals surface area contributed by atoms with Crippen LogP contribution in [0.4, 0.5) is 0 Å². The zero-order valence-corrected chi connectivity index (χ0v) is 13.6. The highest BCUT2D eigenvalue weighted by molar-refractivity contribution is 7.88. The van der Waals surface area contributed by atoms with Crippen LogP contribution in [0.5, 0.6) is 0 Å². The highest BCUT2D eigenvalue weighted by Gasteiger charge is 2.33. The molecule has 1 aliphatic heterocycles. The molecule has 0 aliphatic carbocycles. The van der Waals surface area contributed by atoms with Gasteiger partial charge in [-0.25, -0.2) is 13.4 Å². The van der Waals surface area contributed by atoms with Gasteiger partial charge in [-0.2, -0.15) is 4.31 Å². The van der Waals surface area contributed by atoms with E-state index in [4.69, 9.17) is 0 Å². The van der Waals surface area contributed by atoms with E-state index in [2.05, 4.69) is 9.97 Å². The Hall–Kier alpha value is -1.31. The van der Waals surface area contributed by atoms with Gasteiger partial charge in [-0.05, 0) is 31.9 Å². The highest BCUT2D eigenvalue weighted by atomic mass is 32.2. The van der Waals surface area contributed by atoms with Gasteiger partial charge in [0.2, 0.25) is 10.0 Å². The second-order valence-electron chi connectivity index (χ2n) is 5.30. The number of rotatable bonds is 3. The van der Waals surface area contributed by atoms with Crippen molar-refractivity contribution in [3.05, 3.63) is 35.1 Å². The van der Waals surface area contributed by atoms with Gasteiger partial charge in [0.15, 0.2) is 0 Å². The van der Waals surface area contributed by atoms with Crippen molar-refractivity contribution in [3.63, 3.8) is 0 Å². The molecule has 0 bridgehead atoms. The van der Waals surface area contributed by atoms with E-state index in [1.54, 1.807) is 21.8 Å². The van der Waals surface area contributed by atoms with E-state index in [0.29, 0.717) is 6.54 Å². The summed E-state index contributed by atoms with van der Waals surface area (Å²) in [6.07, 6.45) is 4.76. The highest BCUT2D eigenvalue weighted by Crippen LogP contribution is 2.33. The van der Waals surface area contributed by atoms with Crippen molar-refractivity contribution in [2.75, 3.05) is 12.8 Å². The molecule has 0 radical (unpaired) electrons. The van der Waals surface area contributed by atoms with Crippen molar-refractivity contribution in [1.29, 1.82) is 0 Å². The van der Waals surface area contributed by atoms with Crippen molar-refractivity contribution in [3.8, 4) is 10.6 Å². The molecule has 0 spiro atoms. The zero-order chi connectivity index (χ0) is 15.0. The van der Waals surface area contributed by atoms with Gasteiger partial charge < -0.3 is 0 Å². The predicted octanol–water partition coefficient (Wildman–Crippen LogP) is 2.61. The fourth-order valence-electron chi connectivity index (χ4n) is 2.65. The maximum Gasteiger partial charge on any atom is 0.211 e. The van der Waals surface area contributed by atoms with Crippen LogP contribution in [0.25, 0.3) is 10.6 Å². The second kappa shape index (κ2) is 5.47. The number of aryl methyl sites for hydroxylation is 1. The van der Waals surface area contributed by atoms with Crippen molar-refractivity contribution in [2.24, 2.45) is 0 Å². The number of sulfonamides is 1. The minimum absolute atomic E-state index is 0.132. The predicted molar refractivity (Wildman–Crippen MR) is 83.6 cm³/mol. The maximum absolute atomic E-state index is 11.8. The number of aromatic nitrogens is 2. The summed E-state index contributed by atoms with van der Waals surface area (Å²) in [5.74, 6) is 0. The van der Waals surface area contributed by atoms with Crippen molar-refractivity contribution in [1.82, 2.24) is 14.3 Å². The normalized spacial score (nSPS) is 20.0. The van der Waals surface area contributed by atoms with E-state index < -0.39 is 10.0 Å². The first-order chi connectivity index (χ1) is 9.95. The molecule has 1 atom stereocenters. The summed E-state index contributed by atoms with van der Waals surface area (Å²) in [4.78, 5) is 8.91. The summed E-state index contributed by atoms with van der Waals surface area (Å²) in [5.41, 5.74) is 2.79. The Morgan fingerprint density at radius 1 is 1.38 bits per heavy atom. The Kier molecular flexibility index (Phi) is 3.81. The van der Waals surface area contributed by atoms with Crippen LogP contribution in [-0.2, 0) is 10.0 Å². The number of thiazole rings is 1. The number of nitrogens with zero attached hydrogens (tertiary/aromatic N) is 3. The molecule has 1 saturated heterocycles. The third-order valence-corrected chi connectivity index (χ3v) is 5.92. The van der Waals surface area contributed by atoms with Crippen molar-refractivity contribution >= 4 is 21.4 Å². The van der Waals surface area contributed by atoms with Gasteiger partial charge >= 0.3 is 0 Å². The molecule has 112 valence electrons. The van der Waals surface area contributed by atoms with Gasteiger partial charge in [0.05, 0.1) is 18.0 Å². The summed E-state index contributed by atoms with van der Waals surface area (Å²) in [6, 6.07) is 3.76. The van der Waals surface area contributed by atoms with Crippen LogP contribution in [-0.4, -0.2) is 35.5 Å². The molecule has 1 aliphatic rings.